The van der Waals surface area contributed by atoms with E-state index in [4.69, 9.17) is 9.53 Å². The van der Waals surface area contributed by atoms with Crippen LogP contribution in [0.15, 0.2) is 21.3 Å². The Kier molecular flexibility index (Phi) is 9.10. The summed E-state index contributed by atoms with van der Waals surface area (Å²) in [4.78, 5) is 0. The Labute approximate surface area is 156 Å². The molecule has 1 rings (SSSR count). The summed E-state index contributed by atoms with van der Waals surface area (Å²) < 4.78 is 18.6. The topological polar surface area (TPSA) is 49.7 Å². The summed E-state index contributed by atoms with van der Waals surface area (Å²) in [6.45, 7) is 4.21. The molecule has 25 heavy (non-hydrogen) atoms. The summed E-state index contributed by atoms with van der Waals surface area (Å²) in [6, 6.07) is 0.259. The highest BCUT2D eigenvalue weighted by Crippen LogP contribution is 2.42. The first-order valence-corrected chi connectivity index (χ1v) is 10.8. The zero-order valence-electron chi connectivity index (χ0n) is 17.4. The standard InChI is InChI=1S/C16H35N7P2/c1-13(18-24(20(3)4)21(5)6)15-11-12-16(17-15)14(2)19-25(22(7)8)23(9)10/h11,16-17H,12H2,1-10H3/b18-13+,19-14+. The third kappa shape index (κ3) is 6.67. The highest BCUT2D eigenvalue weighted by Gasteiger charge is 2.23. The van der Waals surface area contributed by atoms with Crippen LogP contribution in [0.1, 0.15) is 20.3 Å². The molecule has 0 saturated carbocycles. The Hall–Kier alpha value is -0.420. The maximum atomic E-state index is 4.95. The second kappa shape index (κ2) is 10.1. The van der Waals surface area contributed by atoms with Gasteiger partial charge < -0.3 is 5.32 Å². The molecule has 1 unspecified atom stereocenters. The highest BCUT2D eigenvalue weighted by molar-refractivity contribution is 7.51. The molecule has 0 fully saturated rings. The molecule has 1 atom stereocenters. The second-order valence-corrected chi connectivity index (χ2v) is 11.6. The van der Waals surface area contributed by atoms with E-state index in [-0.39, 0.29) is 6.04 Å². The molecule has 1 aliphatic rings. The number of nitrogens with one attached hydrogen (secondary N) is 1. The lowest BCUT2D eigenvalue weighted by atomic mass is 10.2. The molecule has 144 valence electrons. The van der Waals surface area contributed by atoms with Gasteiger partial charge in [0.15, 0.2) is 16.7 Å². The van der Waals surface area contributed by atoms with Crippen molar-refractivity contribution in [1.82, 2.24) is 24.0 Å². The predicted molar refractivity (Wildman–Crippen MR) is 114 cm³/mol. The lowest BCUT2D eigenvalue weighted by Crippen LogP contribution is -2.32. The monoisotopic (exact) mass is 387 g/mol. The van der Waals surface area contributed by atoms with Crippen LogP contribution in [0.3, 0.4) is 0 Å². The van der Waals surface area contributed by atoms with Gasteiger partial charge in [-0.15, -0.1) is 0 Å². The average Bonchev–Trinajstić information content (AvgIpc) is 2.98. The molecule has 7 nitrogen and oxygen atoms in total. The van der Waals surface area contributed by atoms with Crippen LogP contribution >= 0.6 is 16.7 Å². The van der Waals surface area contributed by atoms with E-state index in [0.29, 0.717) is 0 Å². The van der Waals surface area contributed by atoms with Crippen molar-refractivity contribution in [2.24, 2.45) is 9.53 Å². The first-order valence-electron chi connectivity index (χ1n) is 8.41. The fourth-order valence-electron chi connectivity index (χ4n) is 2.54. The van der Waals surface area contributed by atoms with Gasteiger partial charge in [-0.1, -0.05) is 6.08 Å². The summed E-state index contributed by atoms with van der Waals surface area (Å²) in [5.41, 5.74) is 3.34. The minimum absolute atomic E-state index is 0.259. The van der Waals surface area contributed by atoms with E-state index < -0.39 is 16.7 Å². The Bertz CT molecular complexity index is 511. The minimum atomic E-state index is -0.662. The zero-order valence-corrected chi connectivity index (χ0v) is 19.2. The highest BCUT2D eigenvalue weighted by atomic mass is 31.2. The second-order valence-electron chi connectivity index (χ2n) is 6.90. The zero-order chi connectivity index (χ0) is 19.3. The van der Waals surface area contributed by atoms with E-state index in [0.717, 1.165) is 23.5 Å². The number of hydrogen-bond acceptors (Lipinski definition) is 7. The van der Waals surface area contributed by atoms with Crippen LogP contribution in [-0.4, -0.2) is 92.5 Å². The maximum absolute atomic E-state index is 4.95. The fraction of sp³-hybridized carbons (Fsp3) is 0.750. The van der Waals surface area contributed by atoms with Crippen LogP contribution in [0, 0.1) is 0 Å². The van der Waals surface area contributed by atoms with Crippen molar-refractivity contribution >= 4 is 28.2 Å². The van der Waals surface area contributed by atoms with Crippen molar-refractivity contribution < 1.29 is 0 Å². The molecule has 0 amide bonds. The third-order valence-electron chi connectivity index (χ3n) is 3.70. The molecule has 0 spiro atoms. The van der Waals surface area contributed by atoms with Gasteiger partial charge in [0.05, 0.1) is 17.5 Å². The predicted octanol–water partition coefficient (Wildman–Crippen LogP) is 2.85. The van der Waals surface area contributed by atoms with Crippen molar-refractivity contribution in [3.8, 4) is 0 Å². The minimum Gasteiger partial charge on any atom is -0.376 e. The first-order chi connectivity index (χ1) is 11.5. The SMILES string of the molecule is C/C(=N\P(N(C)C)N(C)C)C1=CCC(/C(C)=N/P(N(C)C)N(C)C)N1. The Morgan fingerprint density at radius 2 is 1.32 bits per heavy atom. The molecule has 0 bridgehead atoms. The van der Waals surface area contributed by atoms with E-state index in [2.05, 4.69) is 100 Å². The Morgan fingerprint density at radius 3 is 1.76 bits per heavy atom. The van der Waals surface area contributed by atoms with Gasteiger partial charge in [0.1, 0.15) is 0 Å². The van der Waals surface area contributed by atoms with Gasteiger partial charge in [-0.3, -0.25) is 18.7 Å². The number of allylic oxidation sites excluding steroid dienone is 1. The van der Waals surface area contributed by atoms with E-state index in [1.54, 1.807) is 0 Å². The van der Waals surface area contributed by atoms with Crippen LogP contribution in [0.5, 0.6) is 0 Å². The van der Waals surface area contributed by atoms with Crippen molar-refractivity contribution in [2.75, 3.05) is 56.4 Å². The van der Waals surface area contributed by atoms with Crippen LogP contribution in [0.2, 0.25) is 0 Å². The molecular formula is C16H35N7P2. The normalized spacial score (nSPS) is 19.8. The summed E-state index contributed by atoms with van der Waals surface area (Å²) in [5.74, 6) is 0. The fourth-order valence-corrected chi connectivity index (χ4v) is 5.48. The van der Waals surface area contributed by atoms with Crippen molar-refractivity contribution in [2.45, 2.75) is 26.3 Å². The van der Waals surface area contributed by atoms with E-state index in [9.17, 15) is 0 Å². The van der Waals surface area contributed by atoms with Gasteiger partial charge in [0.25, 0.3) is 0 Å². The van der Waals surface area contributed by atoms with Gasteiger partial charge in [0.2, 0.25) is 0 Å². The smallest absolute Gasteiger partial charge is 0.168 e. The number of rotatable bonds is 8. The Balaban J connectivity index is 2.83. The molecule has 1 N–H and O–H groups in total. The molecule has 0 aromatic carbocycles. The van der Waals surface area contributed by atoms with Gasteiger partial charge >= 0.3 is 0 Å². The lowest BCUT2D eigenvalue weighted by Gasteiger charge is -2.27. The third-order valence-corrected chi connectivity index (χ3v) is 7.53. The molecule has 0 aliphatic carbocycles. The van der Waals surface area contributed by atoms with Crippen molar-refractivity contribution in [3.05, 3.63) is 11.8 Å². The van der Waals surface area contributed by atoms with E-state index in [1.165, 1.54) is 0 Å². The lowest BCUT2D eigenvalue weighted by molar-refractivity contribution is 0.574. The first kappa shape index (κ1) is 22.6. The van der Waals surface area contributed by atoms with Crippen LogP contribution in [-0.2, 0) is 0 Å². The summed E-state index contributed by atoms with van der Waals surface area (Å²) in [7, 11) is 15.3. The van der Waals surface area contributed by atoms with Gasteiger partial charge in [-0.25, -0.2) is 9.53 Å². The van der Waals surface area contributed by atoms with Crippen molar-refractivity contribution in [3.63, 3.8) is 0 Å². The van der Waals surface area contributed by atoms with E-state index in [1.807, 2.05) is 0 Å². The molecule has 0 aromatic heterocycles. The van der Waals surface area contributed by atoms with Crippen LogP contribution in [0.4, 0.5) is 0 Å². The number of hydrogen-bond donors (Lipinski definition) is 1. The van der Waals surface area contributed by atoms with Crippen molar-refractivity contribution in [1.29, 1.82) is 0 Å². The van der Waals surface area contributed by atoms with Gasteiger partial charge in [-0.2, -0.15) is 0 Å². The summed E-state index contributed by atoms with van der Waals surface area (Å²) in [6.07, 6.45) is 3.21. The maximum Gasteiger partial charge on any atom is 0.168 e. The molecular weight excluding hydrogens is 352 g/mol. The largest absolute Gasteiger partial charge is 0.376 e. The molecule has 0 radical (unpaired) electrons. The number of nitrogens with zero attached hydrogens (tertiary/aromatic N) is 6. The summed E-state index contributed by atoms with van der Waals surface area (Å²) in [5, 5.41) is 3.60. The molecule has 0 aromatic rings. The molecule has 9 heteroatoms. The van der Waals surface area contributed by atoms with Crippen LogP contribution < -0.4 is 5.32 Å². The van der Waals surface area contributed by atoms with Gasteiger partial charge in [0, 0.05) is 5.71 Å². The van der Waals surface area contributed by atoms with Gasteiger partial charge in [-0.05, 0) is 76.6 Å². The molecule has 0 saturated heterocycles. The van der Waals surface area contributed by atoms with E-state index >= 15 is 0 Å². The molecule has 1 aliphatic heterocycles. The Morgan fingerprint density at radius 1 is 0.880 bits per heavy atom. The quantitative estimate of drug-likeness (QED) is 0.513. The molecule has 1 heterocycles. The van der Waals surface area contributed by atoms with Crippen LogP contribution in [0.25, 0.3) is 0 Å². The summed E-state index contributed by atoms with van der Waals surface area (Å²) >= 11 is 0. The average molecular weight is 387 g/mol.